The molecule has 1 aliphatic heterocycles. The molecule has 0 spiro atoms. The molecule has 10 heteroatoms. The summed E-state index contributed by atoms with van der Waals surface area (Å²) in [4.78, 5) is 39.7. The van der Waals surface area contributed by atoms with Gasteiger partial charge in [-0.25, -0.2) is 0 Å². The second-order valence-corrected chi connectivity index (χ2v) is 8.03. The van der Waals surface area contributed by atoms with Gasteiger partial charge >= 0.3 is 0 Å². The van der Waals surface area contributed by atoms with Crippen molar-refractivity contribution >= 4 is 39.2 Å². The Bertz CT molecular complexity index is 1330. The number of carbonyl (C=O) groups is 1. The summed E-state index contributed by atoms with van der Waals surface area (Å²) in [7, 11) is 0. The maximum Gasteiger partial charge on any atom is 0.270 e. The lowest BCUT2D eigenvalue weighted by molar-refractivity contribution is -0.384. The van der Waals surface area contributed by atoms with Gasteiger partial charge in [-0.05, 0) is 30.7 Å². The molecule has 5 rings (SSSR count). The molecule has 0 saturated carbocycles. The predicted octanol–water partition coefficient (Wildman–Crippen LogP) is 3.13. The van der Waals surface area contributed by atoms with E-state index in [9.17, 15) is 24.8 Å². The van der Waals surface area contributed by atoms with Gasteiger partial charge in [0.1, 0.15) is 5.75 Å². The van der Waals surface area contributed by atoms with E-state index in [-0.39, 0.29) is 45.1 Å². The number of nitro groups is 1. The van der Waals surface area contributed by atoms with Crippen LogP contribution in [0, 0.1) is 10.1 Å². The molecule has 9 nitrogen and oxygen atoms in total. The first-order chi connectivity index (χ1) is 15.5. The number of hydrogen-bond acceptors (Lipinski definition) is 7. The Labute approximate surface area is 199 Å². The van der Waals surface area contributed by atoms with E-state index in [1.165, 1.54) is 34.9 Å². The molecular formula is C23H22BrN3O6. The number of benzene rings is 2. The van der Waals surface area contributed by atoms with Crippen LogP contribution in [0.5, 0.6) is 5.75 Å². The van der Waals surface area contributed by atoms with Crippen molar-refractivity contribution in [3.05, 3.63) is 68.0 Å². The van der Waals surface area contributed by atoms with Crippen molar-refractivity contribution in [1.29, 1.82) is 0 Å². The van der Waals surface area contributed by atoms with E-state index in [0.29, 0.717) is 53.9 Å². The third-order valence-electron chi connectivity index (χ3n) is 6.16. The van der Waals surface area contributed by atoms with Crippen molar-refractivity contribution in [3.63, 3.8) is 0 Å². The topological polar surface area (TPSA) is 115 Å². The van der Waals surface area contributed by atoms with Gasteiger partial charge in [0.15, 0.2) is 5.78 Å². The number of phenolic OH excluding ortho intramolecular Hbond substituents is 1. The fourth-order valence-electron chi connectivity index (χ4n) is 4.61. The van der Waals surface area contributed by atoms with Crippen molar-refractivity contribution in [2.24, 2.45) is 0 Å². The Balaban J connectivity index is 0.00000259. The largest absolute Gasteiger partial charge is 0.508 e. The lowest BCUT2D eigenvalue weighted by atomic mass is 10.0. The maximum absolute atomic E-state index is 13.5. The minimum absolute atomic E-state index is 0. The van der Waals surface area contributed by atoms with Crippen molar-refractivity contribution < 1.29 is 19.6 Å². The van der Waals surface area contributed by atoms with Crippen LogP contribution in [-0.4, -0.2) is 58.1 Å². The van der Waals surface area contributed by atoms with Gasteiger partial charge < -0.3 is 14.4 Å². The normalized spacial score (nSPS) is 15.2. The monoisotopic (exact) mass is 515 g/mol. The molecule has 3 aromatic rings. The highest BCUT2D eigenvalue weighted by Gasteiger charge is 2.33. The molecule has 0 amide bonds. The highest BCUT2D eigenvalue weighted by Crippen LogP contribution is 2.41. The Hall–Kier alpha value is -3.08. The number of nitro benzene ring substituents is 1. The number of phenols is 1. The molecule has 0 radical (unpaired) electrons. The van der Waals surface area contributed by atoms with Crippen LogP contribution in [0.4, 0.5) is 5.69 Å². The molecule has 0 bridgehead atoms. The van der Waals surface area contributed by atoms with Gasteiger partial charge in [-0.2, -0.15) is 0 Å². The number of pyridine rings is 1. The van der Waals surface area contributed by atoms with Gasteiger partial charge in [-0.1, -0.05) is 0 Å². The smallest absolute Gasteiger partial charge is 0.270 e. The zero-order chi connectivity index (χ0) is 22.4. The lowest BCUT2D eigenvalue weighted by Crippen LogP contribution is -2.37. The SMILES string of the molecule is Br.O=C1c2ccc(O)cc2-c2c1c1ccc([N+](=O)[O-])cc1c(=O)n2CCCN1CCOCC1. The fraction of sp³-hybridized carbons (Fsp3) is 0.304. The van der Waals surface area contributed by atoms with Gasteiger partial charge in [0.05, 0.1) is 34.8 Å². The van der Waals surface area contributed by atoms with E-state index in [1.807, 2.05) is 0 Å². The third kappa shape index (κ3) is 3.94. The second kappa shape index (κ2) is 9.05. The molecule has 0 atom stereocenters. The summed E-state index contributed by atoms with van der Waals surface area (Å²) in [5.41, 5.74) is 1.15. The standard InChI is InChI=1S/C23H21N3O6.BrH/c27-15-3-5-17-18(13-15)21-20(22(17)28)16-4-2-14(26(30)31)12-19(16)23(29)25(21)7-1-6-24-8-10-32-11-9-24;/h2-5,12-13,27H,1,6-11H2;1H. The summed E-state index contributed by atoms with van der Waals surface area (Å²) < 4.78 is 6.90. The summed E-state index contributed by atoms with van der Waals surface area (Å²) in [5, 5.41) is 21.9. The predicted molar refractivity (Wildman–Crippen MR) is 128 cm³/mol. The van der Waals surface area contributed by atoms with E-state index in [2.05, 4.69) is 4.90 Å². The number of aromatic hydroxyl groups is 1. The molecule has 1 saturated heterocycles. The maximum atomic E-state index is 13.5. The van der Waals surface area contributed by atoms with Crippen molar-refractivity contribution in [2.45, 2.75) is 13.0 Å². The lowest BCUT2D eigenvalue weighted by Gasteiger charge is -2.26. The number of carbonyl (C=O) groups excluding carboxylic acids is 1. The highest BCUT2D eigenvalue weighted by atomic mass is 79.9. The molecule has 1 aromatic heterocycles. The summed E-state index contributed by atoms with van der Waals surface area (Å²) in [6.45, 7) is 4.11. The molecule has 1 N–H and O–H groups in total. The molecule has 0 unspecified atom stereocenters. The molecule has 2 heterocycles. The molecule has 2 aromatic carbocycles. The van der Waals surface area contributed by atoms with Crippen LogP contribution in [0.15, 0.2) is 41.2 Å². The summed E-state index contributed by atoms with van der Waals surface area (Å²) in [5.74, 6) is -0.253. The number of morpholine rings is 1. The minimum Gasteiger partial charge on any atom is -0.508 e. The van der Waals surface area contributed by atoms with E-state index in [4.69, 9.17) is 4.74 Å². The molecule has 1 fully saturated rings. The number of aromatic nitrogens is 1. The zero-order valence-electron chi connectivity index (χ0n) is 17.7. The Kier molecular flexibility index (Phi) is 6.33. The number of fused-ring (bicyclic) bond motifs is 5. The number of non-ortho nitro benzene ring substituents is 1. The summed E-state index contributed by atoms with van der Waals surface area (Å²) >= 11 is 0. The zero-order valence-corrected chi connectivity index (χ0v) is 19.4. The average molecular weight is 516 g/mol. The van der Waals surface area contributed by atoms with Crippen molar-refractivity contribution in [3.8, 4) is 17.0 Å². The van der Waals surface area contributed by atoms with E-state index >= 15 is 0 Å². The number of halogens is 1. The molecule has 2 aliphatic rings. The van der Waals surface area contributed by atoms with E-state index in [0.717, 1.165) is 19.6 Å². The molecule has 172 valence electrons. The fourth-order valence-corrected chi connectivity index (χ4v) is 4.61. The van der Waals surface area contributed by atoms with Gasteiger partial charge in [-0.3, -0.25) is 24.6 Å². The average Bonchev–Trinajstić information content (AvgIpc) is 3.08. The Morgan fingerprint density at radius 2 is 1.76 bits per heavy atom. The highest BCUT2D eigenvalue weighted by molar-refractivity contribution is 8.93. The number of ether oxygens (including phenoxy) is 1. The molecule has 1 aliphatic carbocycles. The number of ketones is 1. The van der Waals surface area contributed by atoms with Crippen molar-refractivity contribution in [1.82, 2.24) is 9.47 Å². The van der Waals surface area contributed by atoms with Crippen LogP contribution in [0.1, 0.15) is 22.3 Å². The van der Waals surface area contributed by atoms with E-state index < -0.39 is 4.92 Å². The first kappa shape index (κ1) is 23.1. The first-order valence-electron chi connectivity index (χ1n) is 10.5. The summed E-state index contributed by atoms with van der Waals surface area (Å²) in [6.07, 6.45) is 0.662. The van der Waals surface area contributed by atoms with Crippen LogP contribution in [0.3, 0.4) is 0 Å². The minimum atomic E-state index is -0.552. The van der Waals surface area contributed by atoms with Crippen LogP contribution >= 0.6 is 17.0 Å². The van der Waals surface area contributed by atoms with Gasteiger partial charge in [0, 0.05) is 54.8 Å². The van der Waals surface area contributed by atoms with Gasteiger partial charge in [0.25, 0.3) is 11.2 Å². The van der Waals surface area contributed by atoms with Crippen LogP contribution < -0.4 is 5.56 Å². The van der Waals surface area contributed by atoms with Crippen LogP contribution in [0.25, 0.3) is 22.0 Å². The van der Waals surface area contributed by atoms with Crippen molar-refractivity contribution in [2.75, 3.05) is 32.8 Å². The van der Waals surface area contributed by atoms with Crippen LogP contribution in [0.2, 0.25) is 0 Å². The number of hydrogen-bond donors (Lipinski definition) is 1. The number of nitrogens with zero attached hydrogens (tertiary/aromatic N) is 3. The Morgan fingerprint density at radius 3 is 2.48 bits per heavy atom. The first-order valence-corrected chi connectivity index (χ1v) is 10.5. The molecule has 33 heavy (non-hydrogen) atoms. The summed E-state index contributed by atoms with van der Waals surface area (Å²) in [6, 6.07) is 8.50. The van der Waals surface area contributed by atoms with Gasteiger partial charge in [-0.15, -0.1) is 17.0 Å². The van der Waals surface area contributed by atoms with Gasteiger partial charge in [0.2, 0.25) is 0 Å². The Morgan fingerprint density at radius 1 is 1.00 bits per heavy atom. The van der Waals surface area contributed by atoms with Crippen LogP contribution in [-0.2, 0) is 11.3 Å². The third-order valence-corrected chi connectivity index (χ3v) is 6.16. The van der Waals surface area contributed by atoms with E-state index in [1.54, 1.807) is 6.07 Å². The number of rotatable bonds is 5. The second-order valence-electron chi connectivity index (χ2n) is 8.03. The molecular weight excluding hydrogens is 494 g/mol. The quantitative estimate of drug-likeness (QED) is 0.320.